The molecule has 0 heterocycles. The van der Waals surface area contributed by atoms with Crippen molar-refractivity contribution >= 4 is 5.78 Å². The van der Waals surface area contributed by atoms with Crippen LogP contribution in [0.25, 0.3) is 0 Å². The van der Waals surface area contributed by atoms with Crippen LogP contribution in [-0.2, 0) is 4.79 Å². The topological polar surface area (TPSA) is 37.3 Å². The second kappa shape index (κ2) is 5.08. The van der Waals surface area contributed by atoms with E-state index in [1.807, 2.05) is 13.8 Å². The van der Waals surface area contributed by atoms with E-state index < -0.39 is 6.10 Å². The van der Waals surface area contributed by atoms with Gasteiger partial charge in [0, 0.05) is 0 Å². The zero-order valence-corrected chi connectivity index (χ0v) is 7.37. The van der Waals surface area contributed by atoms with Crippen molar-refractivity contribution in [2.45, 2.75) is 33.3 Å². The lowest BCUT2D eigenvalue weighted by Crippen LogP contribution is -2.13. The van der Waals surface area contributed by atoms with E-state index in [0.717, 1.165) is 6.42 Å². The van der Waals surface area contributed by atoms with E-state index in [0.29, 0.717) is 0 Å². The van der Waals surface area contributed by atoms with Gasteiger partial charge in [-0.05, 0) is 18.9 Å². The zero-order valence-electron chi connectivity index (χ0n) is 7.37. The lowest BCUT2D eigenvalue weighted by atomic mass is 10.0. The van der Waals surface area contributed by atoms with Crippen molar-refractivity contribution in [3.8, 4) is 0 Å². The summed E-state index contributed by atoms with van der Waals surface area (Å²) in [7, 11) is 0. The molecule has 2 heteroatoms. The van der Waals surface area contributed by atoms with Crippen molar-refractivity contribution in [2.24, 2.45) is 5.92 Å². The minimum absolute atomic E-state index is 0.0210. The highest BCUT2D eigenvalue weighted by molar-refractivity contribution is 5.87. The first kappa shape index (κ1) is 10.4. The third-order valence-corrected chi connectivity index (χ3v) is 1.76. The Kier molecular flexibility index (Phi) is 4.79. The minimum atomic E-state index is -0.483. The van der Waals surface area contributed by atoms with Gasteiger partial charge in [-0.2, -0.15) is 0 Å². The summed E-state index contributed by atoms with van der Waals surface area (Å²) in [6.45, 7) is 5.43. The summed E-state index contributed by atoms with van der Waals surface area (Å²) in [5.74, 6) is 0.206. The summed E-state index contributed by atoms with van der Waals surface area (Å²) in [5, 5.41) is 9.33. The Balaban J connectivity index is 3.85. The van der Waals surface area contributed by atoms with Crippen LogP contribution < -0.4 is 0 Å². The molecule has 2 atom stereocenters. The third-order valence-electron chi connectivity index (χ3n) is 1.76. The van der Waals surface area contributed by atoms with Crippen LogP contribution in [-0.4, -0.2) is 17.0 Å². The van der Waals surface area contributed by atoms with Gasteiger partial charge in [-0.3, -0.25) is 4.79 Å². The molecular formula is C9H16O2. The van der Waals surface area contributed by atoms with E-state index in [4.69, 9.17) is 0 Å². The largest absolute Gasteiger partial charge is 0.389 e. The number of ketones is 1. The van der Waals surface area contributed by atoms with Crippen LogP contribution in [0.4, 0.5) is 0 Å². The minimum Gasteiger partial charge on any atom is -0.389 e. The highest BCUT2D eigenvalue weighted by atomic mass is 16.3. The van der Waals surface area contributed by atoms with Gasteiger partial charge in [-0.25, -0.2) is 0 Å². The molecule has 0 bridgehead atoms. The maximum absolute atomic E-state index is 10.5. The normalized spacial score (nSPS) is 16.7. The van der Waals surface area contributed by atoms with Crippen molar-refractivity contribution in [1.82, 2.24) is 0 Å². The molecule has 0 aliphatic carbocycles. The number of carbonyl (C=O) groups is 1. The monoisotopic (exact) mass is 156 g/mol. The maximum atomic E-state index is 10.5. The van der Waals surface area contributed by atoms with Gasteiger partial charge in [0.05, 0.1) is 6.10 Å². The molecule has 0 radical (unpaired) electrons. The Morgan fingerprint density at radius 3 is 2.55 bits per heavy atom. The second-order valence-electron chi connectivity index (χ2n) is 2.85. The average Bonchev–Trinajstić information content (AvgIpc) is 1.98. The summed E-state index contributed by atoms with van der Waals surface area (Å²) in [5.41, 5.74) is 0. The number of allylic oxidation sites excluding steroid dienone is 1. The first-order valence-corrected chi connectivity index (χ1v) is 3.94. The number of rotatable bonds is 4. The van der Waals surface area contributed by atoms with Gasteiger partial charge in [-0.1, -0.05) is 26.3 Å². The SMILES string of the molecule is CCC(C)C(O)C=CC(C)=O. The van der Waals surface area contributed by atoms with Gasteiger partial charge in [0.15, 0.2) is 5.78 Å². The lowest BCUT2D eigenvalue weighted by molar-refractivity contribution is -0.112. The second-order valence-corrected chi connectivity index (χ2v) is 2.85. The average molecular weight is 156 g/mol. The van der Waals surface area contributed by atoms with E-state index >= 15 is 0 Å². The van der Waals surface area contributed by atoms with Crippen LogP contribution in [0, 0.1) is 5.92 Å². The quantitative estimate of drug-likeness (QED) is 0.627. The van der Waals surface area contributed by atoms with Gasteiger partial charge in [0.1, 0.15) is 0 Å². The number of carbonyl (C=O) groups excluding carboxylic acids is 1. The van der Waals surface area contributed by atoms with Crippen LogP contribution in [0.2, 0.25) is 0 Å². The molecule has 0 aromatic carbocycles. The Labute approximate surface area is 67.9 Å². The van der Waals surface area contributed by atoms with Gasteiger partial charge >= 0.3 is 0 Å². The van der Waals surface area contributed by atoms with E-state index in [1.54, 1.807) is 6.08 Å². The smallest absolute Gasteiger partial charge is 0.152 e. The van der Waals surface area contributed by atoms with Crippen LogP contribution >= 0.6 is 0 Å². The molecule has 0 amide bonds. The number of aliphatic hydroxyl groups excluding tert-OH is 1. The molecule has 11 heavy (non-hydrogen) atoms. The molecule has 0 saturated heterocycles. The van der Waals surface area contributed by atoms with Gasteiger partial charge in [-0.15, -0.1) is 0 Å². The molecule has 0 saturated carbocycles. The highest BCUT2D eigenvalue weighted by Crippen LogP contribution is 2.07. The van der Waals surface area contributed by atoms with Crippen LogP contribution in [0.1, 0.15) is 27.2 Å². The number of hydrogen-bond acceptors (Lipinski definition) is 2. The van der Waals surface area contributed by atoms with Crippen molar-refractivity contribution in [3.63, 3.8) is 0 Å². The Bertz CT molecular complexity index is 150. The molecule has 64 valence electrons. The Hall–Kier alpha value is -0.630. The van der Waals surface area contributed by atoms with Gasteiger partial charge < -0.3 is 5.11 Å². The summed E-state index contributed by atoms with van der Waals surface area (Å²) >= 11 is 0. The molecule has 0 aliphatic rings. The van der Waals surface area contributed by atoms with Gasteiger partial charge in [0.25, 0.3) is 0 Å². The molecule has 0 aromatic rings. The van der Waals surface area contributed by atoms with E-state index in [1.165, 1.54) is 13.0 Å². The Morgan fingerprint density at radius 2 is 2.18 bits per heavy atom. The summed E-state index contributed by atoms with van der Waals surface area (Å²) in [6, 6.07) is 0. The molecule has 0 aliphatic heterocycles. The van der Waals surface area contributed by atoms with Crippen molar-refractivity contribution in [1.29, 1.82) is 0 Å². The van der Waals surface area contributed by atoms with Crippen molar-refractivity contribution < 1.29 is 9.90 Å². The number of hydrogen-bond donors (Lipinski definition) is 1. The van der Waals surface area contributed by atoms with Crippen LogP contribution in [0.3, 0.4) is 0 Å². The summed E-state index contributed by atoms with van der Waals surface area (Å²) in [4.78, 5) is 10.5. The summed E-state index contributed by atoms with van der Waals surface area (Å²) in [6.07, 6.45) is 3.40. The predicted octanol–water partition coefficient (Wildman–Crippen LogP) is 1.54. The fourth-order valence-electron chi connectivity index (χ4n) is 0.665. The predicted molar refractivity (Wildman–Crippen MR) is 45.3 cm³/mol. The highest BCUT2D eigenvalue weighted by Gasteiger charge is 2.07. The molecule has 0 rings (SSSR count). The van der Waals surface area contributed by atoms with E-state index in [9.17, 15) is 9.90 Å². The standard InChI is InChI=1S/C9H16O2/c1-4-7(2)9(11)6-5-8(3)10/h5-7,9,11H,4H2,1-3H3. The first-order chi connectivity index (χ1) is 5.07. The summed E-state index contributed by atoms with van der Waals surface area (Å²) < 4.78 is 0. The van der Waals surface area contributed by atoms with Crippen molar-refractivity contribution in [3.05, 3.63) is 12.2 Å². The molecular weight excluding hydrogens is 140 g/mol. The number of aliphatic hydroxyl groups is 1. The lowest BCUT2D eigenvalue weighted by Gasteiger charge is -2.11. The molecule has 2 nitrogen and oxygen atoms in total. The fourth-order valence-corrected chi connectivity index (χ4v) is 0.665. The molecule has 0 fully saturated rings. The van der Waals surface area contributed by atoms with Crippen LogP contribution in [0.5, 0.6) is 0 Å². The van der Waals surface area contributed by atoms with Crippen LogP contribution in [0.15, 0.2) is 12.2 Å². The van der Waals surface area contributed by atoms with E-state index in [-0.39, 0.29) is 11.7 Å². The van der Waals surface area contributed by atoms with Gasteiger partial charge in [0.2, 0.25) is 0 Å². The van der Waals surface area contributed by atoms with Crippen molar-refractivity contribution in [2.75, 3.05) is 0 Å². The maximum Gasteiger partial charge on any atom is 0.152 e. The first-order valence-electron chi connectivity index (χ1n) is 3.94. The molecule has 0 spiro atoms. The fraction of sp³-hybridized carbons (Fsp3) is 0.667. The third kappa shape index (κ3) is 4.73. The molecule has 0 aromatic heterocycles. The van der Waals surface area contributed by atoms with E-state index in [2.05, 4.69) is 0 Å². The molecule has 2 unspecified atom stereocenters. The zero-order chi connectivity index (χ0) is 8.85. The molecule has 1 N–H and O–H groups in total. The Morgan fingerprint density at radius 1 is 1.64 bits per heavy atom.